The van der Waals surface area contributed by atoms with Gasteiger partial charge < -0.3 is 5.32 Å². The van der Waals surface area contributed by atoms with Gasteiger partial charge in [0.05, 0.1) is 14.4 Å². The van der Waals surface area contributed by atoms with Crippen molar-refractivity contribution in [3.05, 3.63) is 62.3 Å². The van der Waals surface area contributed by atoms with E-state index >= 15 is 0 Å². The van der Waals surface area contributed by atoms with Crippen LogP contribution in [0.2, 0.25) is 0 Å². The summed E-state index contributed by atoms with van der Waals surface area (Å²) in [6, 6.07) is 12.4. The monoisotopic (exact) mass is 373 g/mol. The van der Waals surface area contributed by atoms with Crippen molar-refractivity contribution in [2.75, 3.05) is 5.32 Å². The largest absolute Gasteiger partial charge is 0.322 e. The molecule has 0 saturated heterocycles. The van der Waals surface area contributed by atoms with Gasteiger partial charge in [0.15, 0.2) is 0 Å². The molecule has 1 aromatic carbocycles. The molecule has 1 atom stereocenters. The second-order valence-corrected chi connectivity index (χ2v) is 7.52. The van der Waals surface area contributed by atoms with Crippen LogP contribution in [-0.2, 0) is 0 Å². The van der Waals surface area contributed by atoms with Gasteiger partial charge >= 0.3 is 0 Å². The van der Waals surface area contributed by atoms with E-state index in [2.05, 4.69) is 68.0 Å². The maximum atomic E-state index is 4.13. The number of benzene rings is 1. The first-order valence-corrected chi connectivity index (χ1v) is 8.41. The third-order valence-corrected chi connectivity index (χ3v) is 5.33. The number of nitrogens with one attached hydrogen (secondary N) is 1. The molecule has 1 aliphatic rings. The topological polar surface area (TPSA) is 55.6 Å². The third-order valence-electron chi connectivity index (χ3n) is 3.67. The molecule has 0 amide bonds. The van der Waals surface area contributed by atoms with E-state index in [1.54, 1.807) is 11.3 Å². The number of rotatable bonds is 2. The van der Waals surface area contributed by atoms with Gasteiger partial charge in [-0.1, -0.05) is 29.4 Å². The summed E-state index contributed by atoms with van der Waals surface area (Å²) in [5, 5.41) is 15.3. The van der Waals surface area contributed by atoms with Gasteiger partial charge in [0.1, 0.15) is 6.04 Å². The van der Waals surface area contributed by atoms with Crippen molar-refractivity contribution in [3.8, 4) is 0 Å². The number of aryl methyl sites for hydroxylation is 1. The van der Waals surface area contributed by atoms with E-state index in [1.807, 2.05) is 22.9 Å². The molecular weight excluding hydrogens is 362 g/mol. The molecule has 3 heterocycles. The van der Waals surface area contributed by atoms with Gasteiger partial charge in [-0.25, -0.2) is 0 Å². The molecule has 0 aliphatic carbocycles. The summed E-state index contributed by atoms with van der Waals surface area (Å²) in [6.07, 6.45) is 2.17. The van der Waals surface area contributed by atoms with Crippen molar-refractivity contribution < 1.29 is 0 Å². The minimum absolute atomic E-state index is 0.0108. The number of aromatic nitrogens is 4. The van der Waals surface area contributed by atoms with Gasteiger partial charge in [-0.05, 0) is 62.6 Å². The predicted molar refractivity (Wildman–Crippen MR) is 90.8 cm³/mol. The summed E-state index contributed by atoms with van der Waals surface area (Å²) >= 11 is 5.19. The van der Waals surface area contributed by atoms with Gasteiger partial charge in [-0.2, -0.15) is 4.68 Å². The Bertz CT molecular complexity index is 866. The lowest BCUT2D eigenvalue weighted by Crippen LogP contribution is -2.20. The van der Waals surface area contributed by atoms with E-state index in [9.17, 15) is 0 Å². The highest BCUT2D eigenvalue weighted by Gasteiger charge is 2.25. The first-order valence-electron chi connectivity index (χ1n) is 6.80. The Kier molecular flexibility index (Phi) is 3.31. The van der Waals surface area contributed by atoms with Crippen LogP contribution in [0.1, 0.15) is 22.0 Å². The molecule has 7 heteroatoms. The first kappa shape index (κ1) is 13.7. The molecule has 0 saturated carbocycles. The van der Waals surface area contributed by atoms with Crippen molar-refractivity contribution in [1.82, 2.24) is 20.2 Å². The van der Waals surface area contributed by atoms with Crippen LogP contribution < -0.4 is 5.32 Å². The van der Waals surface area contributed by atoms with Crippen LogP contribution in [0.4, 0.5) is 5.95 Å². The lowest BCUT2D eigenvalue weighted by Gasteiger charge is -2.23. The third kappa shape index (κ3) is 2.26. The molecule has 1 unspecified atom stereocenters. The van der Waals surface area contributed by atoms with Crippen molar-refractivity contribution >= 4 is 38.9 Å². The zero-order valence-electron chi connectivity index (χ0n) is 11.7. The number of tetrazole rings is 1. The highest BCUT2D eigenvalue weighted by molar-refractivity contribution is 9.11. The smallest absolute Gasteiger partial charge is 0.248 e. The second kappa shape index (κ2) is 5.33. The fraction of sp³-hybridized carbons (Fsp3) is 0.133. The standard InChI is InChI=1S/C15H12BrN5S/c1-9-4-2-3-5-10(9)12-8-11(13-6-7-14(16)22-13)17-15-18-19-20-21(12)15/h2-8,12H,1H3,(H,17,18,20). The summed E-state index contributed by atoms with van der Waals surface area (Å²) in [7, 11) is 0. The normalized spacial score (nSPS) is 16.8. The predicted octanol–water partition coefficient (Wildman–Crippen LogP) is 3.86. The average Bonchev–Trinajstić information content (AvgIpc) is 3.15. The van der Waals surface area contributed by atoms with Gasteiger partial charge in [0.2, 0.25) is 5.95 Å². The van der Waals surface area contributed by atoms with Crippen LogP contribution in [0.5, 0.6) is 0 Å². The van der Waals surface area contributed by atoms with Crippen LogP contribution in [0.3, 0.4) is 0 Å². The van der Waals surface area contributed by atoms with Crippen molar-refractivity contribution in [3.63, 3.8) is 0 Å². The lowest BCUT2D eigenvalue weighted by molar-refractivity contribution is 0.584. The van der Waals surface area contributed by atoms with E-state index in [-0.39, 0.29) is 6.04 Å². The van der Waals surface area contributed by atoms with Crippen LogP contribution >= 0.6 is 27.3 Å². The number of hydrogen-bond donors (Lipinski definition) is 1. The summed E-state index contributed by atoms with van der Waals surface area (Å²) in [5.41, 5.74) is 3.45. The number of fused-ring (bicyclic) bond motifs is 1. The maximum absolute atomic E-state index is 4.13. The zero-order chi connectivity index (χ0) is 15.1. The Morgan fingerprint density at radius 2 is 2.09 bits per heavy atom. The molecule has 0 bridgehead atoms. The zero-order valence-corrected chi connectivity index (χ0v) is 14.1. The number of halogens is 1. The Labute approximate surface area is 139 Å². The highest BCUT2D eigenvalue weighted by atomic mass is 79.9. The number of anilines is 1. The first-order chi connectivity index (χ1) is 10.7. The van der Waals surface area contributed by atoms with Crippen LogP contribution in [0, 0.1) is 6.92 Å². The van der Waals surface area contributed by atoms with Crippen LogP contribution in [0.25, 0.3) is 5.70 Å². The Balaban J connectivity index is 1.85. The summed E-state index contributed by atoms with van der Waals surface area (Å²) < 4.78 is 2.91. The summed E-state index contributed by atoms with van der Waals surface area (Å²) in [6.45, 7) is 2.11. The molecule has 0 fully saturated rings. The molecule has 1 N–H and O–H groups in total. The second-order valence-electron chi connectivity index (χ2n) is 5.06. The summed E-state index contributed by atoms with van der Waals surface area (Å²) in [5.74, 6) is 0.662. The van der Waals surface area contributed by atoms with Crippen molar-refractivity contribution in [2.24, 2.45) is 0 Å². The minimum atomic E-state index is -0.0108. The number of allylic oxidation sites excluding steroid dienone is 1. The quantitative estimate of drug-likeness (QED) is 0.740. The Morgan fingerprint density at radius 1 is 1.23 bits per heavy atom. The minimum Gasteiger partial charge on any atom is -0.322 e. The van der Waals surface area contributed by atoms with Crippen LogP contribution in [0.15, 0.2) is 46.3 Å². The lowest BCUT2D eigenvalue weighted by atomic mass is 9.99. The van der Waals surface area contributed by atoms with E-state index < -0.39 is 0 Å². The highest BCUT2D eigenvalue weighted by Crippen LogP contribution is 2.35. The number of thiophene rings is 1. The van der Waals surface area contributed by atoms with Gasteiger partial charge in [-0.3, -0.25) is 0 Å². The SMILES string of the molecule is Cc1ccccc1C1C=C(c2ccc(Br)s2)Nc2nnnn21. The van der Waals surface area contributed by atoms with Crippen LogP contribution in [-0.4, -0.2) is 20.2 Å². The van der Waals surface area contributed by atoms with Crippen molar-refractivity contribution in [2.45, 2.75) is 13.0 Å². The molecule has 22 heavy (non-hydrogen) atoms. The van der Waals surface area contributed by atoms with E-state index in [0.29, 0.717) is 5.95 Å². The molecule has 110 valence electrons. The Hall–Kier alpha value is -1.99. The average molecular weight is 374 g/mol. The fourth-order valence-electron chi connectivity index (χ4n) is 2.60. The maximum Gasteiger partial charge on any atom is 0.248 e. The van der Waals surface area contributed by atoms with E-state index in [4.69, 9.17) is 0 Å². The van der Waals surface area contributed by atoms with E-state index in [1.165, 1.54) is 11.1 Å². The molecule has 0 radical (unpaired) electrons. The van der Waals surface area contributed by atoms with Gasteiger partial charge in [0.25, 0.3) is 0 Å². The Morgan fingerprint density at radius 3 is 2.86 bits per heavy atom. The number of hydrogen-bond acceptors (Lipinski definition) is 5. The van der Waals surface area contributed by atoms with E-state index in [0.717, 1.165) is 14.4 Å². The molecule has 2 aromatic heterocycles. The fourth-order valence-corrected chi connectivity index (χ4v) is 3.96. The van der Waals surface area contributed by atoms with Gasteiger partial charge in [-0.15, -0.1) is 11.3 Å². The van der Waals surface area contributed by atoms with Crippen molar-refractivity contribution in [1.29, 1.82) is 0 Å². The molecular formula is C15H12BrN5S. The summed E-state index contributed by atoms with van der Waals surface area (Å²) in [4.78, 5) is 1.15. The molecule has 0 spiro atoms. The molecule has 1 aliphatic heterocycles. The molecule has 3 aromatic rings. The molecule has 4 rings (SSSR count). The number of nitrogens with zero attached hydrogens (tertiary/aromatic N) is 4. The van der Waals surface area contributed by atoms with Gasteiger partial charge in [0, 0.05) is 0 Å². The molecule has 5 nitrogen and oxygen atoms in total.